The minimum absolute atomic E-state index is 0. The number of nitrogens with zero attached hydrogens (tertiary/aromatic N) is 4. The summed E-state index contributed by atoms with van der Waals surface area (Å²) in [4.78, 5) is 15.9. The van der Waals surface area contributed by atoms with Gasteiger partial charge in [0.25, 0.3) is 0 Å². The molecule has 0 unspecified atom stereocenters. The molecule has 1 fully saturated rings. The van der Waals surface area contributed by atoms with E-state index in [0.29, 0.717) is 11.8 Å². The summed E-state index contributed by atoms with van der Waals surface area (Å²) in [7, 11) is -1.36. The molecule has 0 atom stereocenters. The molecule has 0 aliphatic heterocycles. The van der Waals surface area contributed by atoms with E-state index < -0.39 is 8.07 Å². The Bertz CT molecular complexity index is 3040. The summed E-state index contributed by atoms with van der Waals surface area (Å²) >= 11 is 1.73. The largest absolute Gasteiger partial charge is 0.333 e. The van der Waals surface area contributed by atoms with Crippen LogP contribution in [0.3, 0.4) is 0 Å². The first-order chi connectivity index (χ1) is 30.9. The molecule has 4 nitrogen and oxygen atoms in total. The molecule has 0 spiro atoms. The summed E-state index contributed by atoms with van der Waals surface area (Å²) in [5.74, 6) is 2.43. The number of pyridine rings is 2. The van der Waals surface area contributed by atoms with Crippen LogP contribution in [-0.2, 0) is 26.5 Å². The van der Waals surface area contributed by atoms with E-state index in [1.807, 2.05) is 19.1 Å². The molecule has 4 heterocycles. The number of rotatable bonds is 9. The van der Waals surface area contributed by atoms with Crippen molar-refractivity contribution in [1.82, 2.24) is 19.5 Å². The van der Waals surface area contributed by atoms with Gasteiger partial charge in [-0.25, -0.2) is 4.98 Å². The molecule has 4 aromatic heterocycles. The van der Waals surface area contributed by atoms with Crippen molar-refractivity contribution < 1.29 is 20.1 Å². The van der Waals surface area contributed by atoms with Crippen LogP contribution in [0.2, 0.25) is 19.6 Å². The van der Waals surface area contributed by atoms with Crippen molar-refractivity contribution in [2.75, 3.05) is 0 Å². The van der Waals surface area contributed by atoms with Gasteiger partial charge >= 0.3 is 0 Å². The van der Waals surface area contributed by atoms with E-state index in [4.69, 9.17) is 15.0 Å². The van der Waals surface area contributed by atoms with Gasteiger partial charge in [-0.15, -0.1) is 59.7 Å². The van der Waals surface area contributed by atoms with Crippen LogP contribution >= 0.6 is 11.3 Å². The van der Waals surface area contributed by atoms with E-state index in [2.05, 4.69) is 179 Å². The van der Waals surface area contributed by atoms with Crippen LogP contribution in [0.5, 0.6) is 0 Å². The van der Waals surface area contributed by atoms with Crippen LogP contribution in [0.25, 0.3) is 70.8 Å². The summed E-state index contributed by atoms with van der Waals surface area (Å²) in [6.07, 6.45) is 10.5. The summed E-state index contributed by atoms with van der Waals surface area (Å²) in [6.45, 7) is 18.5. The van der Waals surface area contributed by atoms with Crippen LogP contribution in [0.4, 0.5) is 0 Å². The van der Waals surface area contributed by atoms with Crippen LogP contribution in [0, 0.1) is 25.0 Å². The molecule has 5 aromatic carbocycles. The van der Waals surface area contributed by atoms with Gasteiger partial charge in [-0.05, 0) is 105 Å². The Kier molecular flexibility index (Phi) is 14.2. The van der Waals surface area contributed by atoms with Gasteiger partial charge in [0.2, 0.25) is 0 Å². The molecule has 65 heavy (non-hydrogen) atoms. The predicted octanol–water partition coefficient (Wildman–Crippen LogP) is 15.7. The van der Waals surface area contributed by atoms with Crippen LogP contribution in [0.1, 0.15) is 94.0 Å². The van der Waals surface area contributed by atoms with Gasteiger partial charge < -0.3 is 9.55 Å². The molecule has 1 saturated carbocycles. The number of benzene rings is 5. The monoisotopic (exact) mass is 1070 g/mol. The van der Waals surface area contributed by atoms with Crippen molar-refractivity contribution in [3.8, 4) is 39.5 Å². The van der Waals surface area contributed by atoms with Crippen molar-refractivity contribution in [2.24, 2.45) is 5.92 Å². The van der Waals surface area contributed by atoms with Crippen molar-refractivity contribution in [2.45, 2.75) is 105 Å². The van der Waals surface area contributed by atoms with Gasteiger partial charge in [-0.1, -0.05) is 145 Å². The number of imidazole rings is 1. The number of hydrogen-bond acceptors (Lipinski definition) is 4. The minimum atomic E-state index is -1.36. The van der Waals surface area contributed by atoms with Crippen molar-refractivity contribution in [3.63, 3.8) is 0 Å². The Labute approximate surface area is 405 Å². The quantitative estimate of drug-likeness (QED) is 0.107. The molecule has 1 aliphatic carbocycles. The smallest absolute Gasteiger partial charge is 0.114 e. The second kappa shape index (κ2) is 19.8. The summed E-state index contributed by atoms with van der Waals surface area (Å²) in [5.41, 5.74) is 14.2. The molecular weight excluding hydrogens is 1010 g/mol. The molecule has 0 amide bonds. The molecule has 0 saturated heterocycles. The number of fused-ring (bicyclic) bond motifs is 4. The van der Waals surface area contributed by atoms with E-state index in [0.717, 1.165) is 50.1 Å². The van der Waals surface area contributed by atoms with E-state index >= 15 is 0 Å². The van der Waals surface area contributed by atoms with Gasteiger partial charge in [0, 0.05) is 37.7 Å². The fourth-order valence-electron chi connectivity index (χ4n) is 9.61. The van der Waals surface area contributed by atoms with Crippen LogP contribution < -0.4 is 5.19 Å². The number of aryl methyl sites for hydroxylation is 1. The standard InChI is InChI=1S/C37H32N3S.C21H28NSi.Ir/c1-22(2)29-20-27(25-11-7-6-8-12-25)21-30(23(3)4)35(29)40-33-14-10-9-13-32(33)39-36(40)26-16-18-34-31(19-26)28-17-15-24(5)38-37(28)41-34;1-23(2,3)21-16-22-20(18-12-8-5-9-13-18)15-19(21)14-17-10-6-4-7-11-17;/h6-15,17-23H,1-5H3;5,8-9,12,15-17H,4,6-7,10-11,14H2,1-3H3;/q2*-1;. The average Bonchev–Trinajstić information content (AvgIpc) is 3.87. The molecular formula is C58H60IrN4SSi-2. The topological polar surface area (TPSA) is 43.6 Å². The maximum Gasteiger partial charge on any atom is 0.114 e. The van der Waals surface area contributed by atoms with Crippen molar-refractivity contribution in [1.29, 1.82) is 0 Å². The van der Waals surface area contributed by atoms with Gasteiger partial charge in [-0.3, -0.25) is 4.98 Å². The van der Waals surface area contributed by atoms with Gasteiger partial charge in [0.15, 0.2) is 0 Å². The number of hydrogen-bond donors (Lipinski definition) is 0. The third kappa shape index (κ3) is 9.91. The molecule has 10 rings (SSSR count). The number of para-hydroxylation sites is 2. The van der Waals surface area contributed by atoms with Gasteiger partial charge in [0.1, 0.15) is 4.83 Å². The summed E-state index contributed by atoms with van der Waals surface area (Å²) in [6, 6.07) is 50.1. The average molecular weight is 1070 g/mol. The zero-order chi connectivity index (χ0) is 44.5. The van der Waals surface area contributed by atoms with Crippen LogP contribution in [0.15, 0.2) is 128 Å². The molecule has 9 aromatic rings. The first-order valence-corrected chi connectivity index (χ1v) is 27.6. The van der Waals surface area contributed by atoms with Crippen molar-refractivity contribution in [3.05, 3.63) is 162 Å². The maximum atomic E-state index is 5.25. The third-order valence-electron chi connectivity index (χ3n) is 13.0. The first-order valence-electron chi connectivity index (χ1n) is 23.3. The third-order valence-corrected chi connectivity index (χ3v) is 16.1. The van der Waals surface area contributed by atoms with Gasteiger partial charge in [0.05, 0.1) is 24.9 Å². The Hall–Kier alpha value is -5.04. The number of aromatic nitrogens is 4. The molecule has 7 heteroatoms. The summed E-state index contributed by atoms with van der Waals surface area (Å²) < 4.78 is 3.59. The molecule has 0 N–H and O–H groups in total. The summed E-state index contributed by atoms with van der Waals surface area (Å²) in [5, 5.41) is 3.94. The second-order valence-corrected chi connectivity index (χ2v) is 25.5. The maximum absolute atomic E-state index is 5.25. The normalized spacial score (nSPS) is 13.4. The van der Waals surface area contributed by atoms with E-state index in [9.17, 15) is 0 Å². The zero-order valence-corrected chi connectivity index (χ0v) is 43.3. The SMILES string of the molecule is C[Si](C)(C)c1cnc(-c2[c-]cccc2)cc1CC1CCCCC1.Cc1ccc2c(n1)sc1c[c-]c(-c3nc4ccccc4n3-c3c(C(C)C)cc(-c4ccccc4)cc3C(C)C)cc12.[Ir]. The predicted molar refractivity (Wildman–Crippen MR) is 276 cm³/mol. The Morgan fingerprint density at radius 2 is 1.43 bits per heavy atom. The first kappa shape index (κ1) is 46.5. The second-order valence-electron chi connectivity index (χ2n) is 19.4. The minimum Gasteiger partial charge on any atom is -0.333 e. The van der Waals surface area contributed by atoms with E-state index in [1.54, 1.807) is 22.1 Å². The zero-order valence-electron chi connectivity index (χ0n) is 39.1. The Morgan fingerprint density at radius 3 is 2.12 bits per heavy atom. The fourth-order valence-corrected chi connectivity index (χ4v) is 12.3. The van der Waals surface area contributed by atoms with E-state index in [1.165, 1.54) is 81.9 Å². The molecule has 1 aliphatic rings. The Morgan fingerprint density at radius 1 is 0.723 bits per heavy atom. The van der Waals surface area contributed by atoms with Crippen molar-refractivity contribution >= 4 is 55.9 Å². The van der Waals surface area contributed by atoms with Crippen LogP contribution in [-0.4, -0.2) is 27.6 Å². The molecule has 0 bridgehead atoms. The fraction of sp³-hybridized carbons (Fsp3) is 0.293. The Balaban J connectivity index is 0.000000204. The molecule has 1 radical (unpaired) electrons. The van der Waals surface area contributed by atoms with Gasteiger partial charge in [-0.2, -0.15) is 11.3 Å². The molecule has 333 valence electrons. The van der Waals surface area contributed by atoms with E-state index in [-0.39, 0.29) is 20.1 Å². The number of thiophene rings is 1.